The summed E-state index contributed by atoms with van der Waals surface area (Å²) >= 11 is 0. The molecule has 0 aliphatic carbocycles. The summed E-state index contributed by atoms with van der Waals surface area (Å²) in [5, 5.41) is 22.4. The third-order valence-electron chi connectivity index (χ3n) is 6.12. The molecule has 2 N–H and O–H groups in total. The van der Waals surface area contributed by atoms with Gasteiger partial charge in [0, 0.05) is 29.5 Å². The highest BCUT2D eigenvalue weighted by molar-refractivity contribution is 5.88. The smallest absolute Gasteiger partial charge is 0.228 e. The topological polar surface area (TPSA) is 98.9 Å². The number of pyridine rings is 1. The van der Waals surface area contributed by atoms with Crippen molar-refractivity contribution >= 4 is 5.82 Å². The number of rotatable bonds is 4. The third kappa shape index (κ3) is 3.92. The van der Waals surface area contributed by atoms with E-state index >= 15 is 0 Å². The lowest BCUT2D eigenvalue weighted by atomic mass is 9.99. The van der Waals surface area contributed by atoms with Crippen LogP contribution in [0.2, 0.25) is 0 Å². The zero-order valence-corrected chi connectivity index (χ0v) is 18.5. The first-order valence-electron chi connectivity index (χ1n) is 11.1. The van der Waals surface area contributed by atoms with Crippen LogP contribution in [-0.2, 0) is 11.4 Å². The molecule has 1 fully saturated rings. The SMILES string of the molecule is Cc1cc(-c2c(-c3ccccc3)nc(=N)n3c2N[N+]([O-])(CC2CCCOC2)C3)cc(C)n1. The van der Waals surface area contributed by atoms with Crippen LogP contribution in [0.25, 0.3) is 22.4 Å². The van der Waals surface area contributed by atoms with Gasteiger partial charge >= 0.3 is 0 Å². The summed E-state index contributed by atoms with van der Waals surface area (Å²) in [5.74, 6) is 0.842. The maximum Gasteiger partial charge on any atom is 0.228 e. The van der Waals surface area contributed by atoms with Crippen LogP contribution in [-0.4, -0.2) is 39.0 Å². The number of nitrogens with one attached hydrogen (secondary N) is 2. The monoisotopic (exact) mass is 432 g/mol. The molecule has 2 atom stereocenters. The minimum absolute atomic E-state index is 0.0772. The van der Waals surface area contributed by atoms with Gasteiger partial charge in [-0.05, 0) is 44.4 Å². The number of hydroxylamine groups is 2. The standard InChI is InChI=1S/C24H28N6O2/c1-16-11-20(12-17(2)26-16)21-22(19-8-4-3-5-9-19)27-24(25)29-15-30(31,28-23(21)29)13-18-7-6-10-32-14-18/h3-5,8-9,11-12,18,25,28H,6-7,10,13-15H2,1-2H3. The van der Waals surface area contributed by atoms with Crippen LogP contribution >= 0.6 is 0 Å². The van der Waals surface area contributed by atoms with E-state index < -0.39 is 4.76 Å². The number of hydrogen-bond donors (Lipinski definition) is 2. The second-order valence-electron chi connectivity index (χ2n) is 8.85. The van der Waals surface area contributed by atoms with E-state index in [-0.39, 0.29) is 18.2 Å². The Bertz CT molecular complexity index is 1180. The van der Waals surface area contributed by atoms with Crippen LogP contribution in [0, 0.1) is 30.4 Å². The molecule has 2 aliphatic rings. The van der Waals surface area contributed by atoms with E-state index in [1.807, 2.05) is 56.3 Å². The van der Waals surface area contributed by atoms with E-state index in [9.17, 15) is 5.21 Å². The predicted molar refractivity (Wildman–Crippen MR) is 122 cm³/mol. The van der Waals surface area contributed by atoms with Gasteiger partial charge in [-0.1, -0.05) is 30.3 Å². The van der Waals surface area contributed by atoms with Crippen LogP contribution in [0.15, 0.2) is 42.5 Å². The number of aromatic nitrogens is 3. The molecule has 3 aromatic rings. The van der Waals surface area contributed by atoms with Crippen molar-refractivity contribution in [1.29, 1.82) is 5.41 Å². The summed E-state index contributed by atoms with van der Waals surface area (Å²) in [4.78, 5) is 9.17. The Morgan fingerprint density at radius 1 is 1.16 bits per heavy atom. The van der Waals surface area contributed by atoms with E-state index in [0.717, 1.165) is 47.5 Å². The van der Waals surface area contributed by atoms with Crippen LogP contribution < -0.4 is 11.0 Å². The lowest BCUT2D eigenvalue weighted by Crippen LogP contribution is -2.48. The number of benzene rings is 1. The molecule has 0 amide bonds. The Hall–Kier alpha value is -3.07. The van der Waals surface area contributed by atoms with Crippen LogP contribution in [0.5, 0.6) is 0 Å². The Balaban J connectivity index is 1.65. The van der Waals surface area contributed by atoms with Gasteiger partial charge in [-0.2, -0.15) is 0 Å². The molecule has 8 nitrogen and oxygen atoms in total. The highest BCUT2D eigenvalue weighted by Gasteiger charge is 2.35. The molecule has 0 spiro atoms. The van der Waals surface area contributed by atoms with Gasteiger partial charge in [0.15, 0.2) is 12.5 Å². The van der Waals surface area contributed by atoms with Crippen molar-refractivity contribution in [3.63, 3.8) is 0 Å². The van der Waals surface area contributed by atoms with Crippen molar-refractivity contribution < 1.29 is 9.49 Å². The van der Waals surface area contributed by atoms with Crippen LogP contribution in [0.3, 0.4) is 0 Å². The maximum absolute atomic E-state index is 13.8. The molecular formula is C24H28N6O2. The summed E-state index contributed by atoms with van der Waals surface area (Å²) in [6.45, 7) is 5.82. The second kappa shape index (κ2) is 8.12. The van der Waals surface area contributed by atoms with Crippen molar-refractivity contribution in [3.8, 4) is 22.4 Å². The summed E-state index contributed by atoms with van der Waals surface area (Å²) in [5.41, 5.74) is 8.46. The Labute approximate surface area is 187 Å². The fraction of sp³-hybridized carbons (Fsp3) is 0.375. The quantitative estimate of drug-likeness (QED) is 0.483. The highest BCUT2D eigenvalue weighted by Crippen LogP contribution is 2.39. The van der Waals surface area contributed by atoms with Gasteiger partial charge in [0.05, 0.1) is 17.9 Å². The van der Waals surface area contributed by atoms with Gasteiger partial charge < -0.3 is 9.94 Å². The number of nitrogens with zero attached hydrogens (tertiary/aromatic N) is 4. The first kappa shape index (κ1) is 20.8. The molecule has 166 valence electrons. The summed E-state index contributed by atoms with van der Waals surface area (Å²) in [6, 6.07) is 13.9. The van der Waals surface area contributed by atoms with Crippen molar-refractivity contribution in [2.24, 2.45) is 5.92 Å². The molecule has 0 bridgehead atoms. The van der Waals surface area contributed by atoms with E-state index in [2.05, 4.69) is 15.4 Å². The van der Waals surface area contributed by atoms with Crippen LogP contribution in [0.1, 0.15) is 24.2 Å². The minimum atomic E-state index is -0.615. The second-order valence-corrected chi connectivity index (χ2v) is 8.85. The summed E-state index contributed by atoms with van der Waals surface area (Å²) in [7, 11) is 0. The molecule has 4 heterocycles. The van der Waals surface area contributed by atoms with Gasteiger partial charge in [0.1, 0.15) is 6.54 Å². The van der Waals surface area contributed by atoms with E-state index in [1.54, 1.807) is 4.57 Å². The van der Waals surface area contributed by atoms with E-state index in [4.69, 9.17) is 10.1 Å². The number of hydrogen-bond acceptors (Lipinski definition) is 6. The van der Waals surface area contributed by atoms with Crippen molar-refractivity contribution in [3.05, 3.63) is 64.7 Å². The lowest BCUT2D eigenvalue weighted by Gasteiger charge is -2.39. The molecule has 0 radical (unpaired) electrons. The average molecular weight is 433 g/mol. The number of aryl methyl sites for hydroxylation is 2. The molecule has 32 heavy (non-hydrogen) atoms. The zero-order chi connectivity index (χ0) is 22.3. The largest absolute Gasteiger partial charge is 0.605 e. The fourth-order valence-corrected chi connectivity index (χ4v) is 4.81. The molecule has 2 aliphatic heterocycles. The van der Waals surface area contributed by atoms with Crippen molar-refractivity contribution in [1.82, 2.24) is 14.5 Å². The molecule has 5 rings (SSSR count). The zero-order valence-electron chi connectivity index (χ0n) is 18.5. The number of ether oxygens (including phenoxy) is 1. The average Bonchev–Trinajstić information content (AvgIpc) is 3.11. The normalized spacial score (nSPS) is 22.4. The predicted octanol–water partition coefficient (Wildman–Crippen LogP) is 3.75. The lowest BCUT2D eigenvalue weighted by molar-refractivity contribution is -0.877. The molecule has 2 unspecified atom stereocenters. The fourth-order valence-electron chi connectivity index (χ4n) is 4.81. The van der Waals surface area contributed by atoms with Crippen molar-refractivity contribution in [2.75, 3.05) is 25.2 Å². The van der Waals surface area contributed by atoms with E-state index in [1.165, 1.54) is 0 Å². The van der Waals surface area contributed by atoms with Gasteiger partial charge in [0.2, 0.25) is 5.62 Å². The Morgan fingerprint density at radius 3 is 2.59 bits per heavy atom. The first-order valence-corrected chi connectivity index (χ1v) is 11.1. The highest BCUT2D eigenvalue weighted by atomic mass is 16.6. The van der Waals surface area contributed by atoms with Crippen LogP contribution in [0.4, 0.5) is 5.82 Å². The minimum Gasteiger partial charge on any atom is -0.605 e. The molecule has 2 aromatic heterocycles. The van der Waals surface area contributed by atoms with Gasteiger partial charge in [-0.3, -0.25) is 10.4 Å². The van der Waals surface area contributed by atoms with Crippen molar-refractivity contribution in [2.45, 2.75) is 33.4 Å². The van der Waals surface area contributed by atoms with Gasteiger partial charge in [0.25, 0.3) is 0 Å². The van der Waals surface area contributed by atoms with Gasteiger partial charge in [-0.25, -0.2) is 19.7 Å². The summed E-state index contributed by atoms with van der Waals surface area (Å²) in [6.07, 6.45) is 1.97. The molecule has 8 heteroatoms. The van der Waals surface area contributed by atoms with E-state index in [0.29, 0.717) is 24.7 Å². The van der Waals surface area contributed by atoms with Gasteiger partial charge in [-0.15, -0.1) is 0 Å². The first-order chi connectivity index (χ1) is 15.4. The molecule has 0 saturated carbocycles. The molecule has 1 saturated heterocycles. The number of quaternary nitrogens is 1. The molecule has 1 aromatic carbocycles. The Kier molecular flexibility index (Phi) is 5.28. The maximum atomic E-state index is 13.8. The number of anilines is 1. The summed E-state index contributed by atoms with van der Waals surface area (Å²) < 4.78 is 6.68. The number of fused-ring (bicyclic) bond motifs is 1. The molecular weight excluding hydrogens is 404 g/mol. The Morgan fingerprint density at radius 2 is 1.91 bits per heavy atom. The third-order valence-corrected chi connectivity index (χ3v) is 6.12.